The Morgan fingerprint density at radius 2 is 1.02 bits per heavy atom. The van der Waals surface area contributed by atoms with Gasteiger partial charge >= 0.3 is 17.9 Å². The molecule has 1 heterocycles. The number of benzene rings is 4. The third-order valence-corrected chi connectivity index (χ3v) is 8.41. The lowest BCUT2D eigenvalue weighted by atomic mass is 9.99. The van der Waals surface area contributed by atoms with E-state index < -0.39 is 68.7 Å². The average molecular weight is 780 g/mol. The summed E-state index contributed by atoms with van der Waals surface area (Å²) in [4.78, 5) is 71.4. The van der Waals surface area contributed by atoms with Gasteiger partial charge < -0.3 is 23.7 Å². The highest BCUT2D eigenvalue weighted by molar-refractivity contribution is 9.09. The summed E-state index contributed by atoms with van der Waals surface area (Å²) in [6.45, 7) is -0.613. The van der Waals surface area contributed by atoms with Gasteiger partial charge in [0.05, 0.1) is 38.1 Å². The minimum atomic E-state index is -1.55. The summed E-state index contributed by atoms with van der Waals surface area (Å²) < 4.78 is 29.4. The number of nitrogens with zero attached hydrogens (tertiary/aromatic N) is 3. The number of halogens is 1. The SMILES string of the molecule is O=C(OC[C@H]1O[C@@H](Br)[C@H](OCc2ccccc2)[C@@H](OC(=O)c2ccc([N+](=O)[O-])cc2)[C@@H]1OC(=O)c1ccc([N+](=O)[O-])cc1)c1ccc([N+](=O)[O-])cc1. The van der Waals surface area contributed by atoms with Gasteiger partial charge in [-0.05, 0) is 42.0 Å². The quantitative estimate of drug-likeness (QED) is 0.0520. The number of hydrogen-bond donors (Lipinski definition) is 0. The predicted molar refractivity (Wildman–Crippen MR) is 181 cm³/mol. The van der Waals surface area contributed by atoms with Crippen LogP contribution in [0, 0.1) is 30.3 Å². The van der Waals surface area contributed by atoms with Crippen LogP contribution in [0.4, 0.5) is 17.1 Å². The van der Waals surface area contributed by atoms with Gasteiger partial charge in [0.25, 0.3) is 17.1 Å². The molecule has 17 nitrogen and oxygen atoms in total. The van der Waals surface area contributed by atoms with Crippen molar-refractivity contribution in [3.63, 3.8) is 0 Å². The standard InChI is InChI=1S/C34H26BrN3O14/c35-31-30(48-18-20-4-2-1-3-5-20)29(52-34(41)23-10-16-26(17-11-23)38(46)47)28(51-33(40)22-8-14-25(15-9-22)37(44)45)27(50-31)19-49-32(39)21-6-12-24(13-7-21)36(42)43/h1-17,27-31H,18-19H2/t27-,28-,29+,30-,31-/m1/s1. The number of nitro benzene ring substituents is 3. The first-order valence-corrected chi connectivity index (χ1v) is 16.1. The maximum atomic E-state index is 13.5. The number of carbonyl (C=O) groups is 3. The first kappa shape index (κ1) is 37.2. The van der Waals surface area contributed by atoms with Crippen LogP contribution in [0.25, 0.3) is 0 Å². The molecule has 5 atom stereocenters. The van der Waals surface area contributed by atoms with E-state index in [9.17, 15) is 44.7 Å². The molecule has 0 spiro atoms. The Hall–Kier alpha value is -6.11. The number of non-ortho nitro benzene ring substituents is 3. The van der Waals surface area contributed by atoms with E-state index in [1.807, 2.05) is 0 Å². The van der Waals surface area contributed by atoms with Crippen molar-refractivity contribution in [1.29, 1.82) is 0 Å². The van der Waals surface area contributed by atoms with E-state index in [2.05, 4.69) is 15.9 Å². The summed E-state index contributed by atoms with van der Waals surface area (Å²) in [5.41, 5.74) is -0.353. The van der Waals surface area contributed by atoms with Crippen molar-refractivity contribution >= 4 is 50.9 Å². The fourth-order valence-electron chi connectivity index (χ4n) is 5.00. The van der Waals surface area contributed by atoms with Crippen LogP contribution in [0.15, 0.2) is 103 Å². The highest BCUT2D eigenvalue weighted by Crippen LogP contribution is 2.33. The number of carbonyl (C=O) groups excluding carboxylic acids is 3. The molecule has 1 aliphatic rings. The molecule has 52 heavy (non-hydrogen) atoms. The normalized spacial score (nSPS) is 19.5. The molecule has 1 aliphatic heterocycles. The van der Waals surface area contributed by atoms with E-state index in [1.54, 1.807) is 30.3 Å². The van der Waals surface area contributed by atoms with Crippen molar-refractivity contribution < 1.29 is 52.8 Å². The van der Waals surface area contributed by atoms with Crippen molar-refractivity contribution in [3.05, 3.63) is 156 Å². The van der Waals surface area contributed by atoms with Gasteiger partial charge in [0, 0.05) is 36.4 Å². The monoisotopic (exact) mass is 779 g/mol. The first-order chi connectivity index (χ1) is 24.9. The molecule has 0 bridgehead atoms. The van der Waals surface area contributed by atoms with Crippen LogP contribution in [-0.2, 0) is 30.3 Å². The topological polar surface area (TPSA) is 227 Å². The number of rotatable bonds is 13. The lowest BCUT2D eigenvalue weighted by Crippen LogP contribution is -2.60. The lowest BCUT2D eigenvalue weighted by Gasteiger charge is -2.43. The predicted octanol–water partition coefficient (Wildman–Crippen LogP) is 5.72. The largest absolute Gasteiger partial charge is 0.459 e. The molecule has 0 radical (unpaired) electrons. The van der Waals surface area contributed by atoms with Gasteiger partial charge in [-0.2, -0.15) is 0 Å². The van der Waals surface area contributed by atoms with Gasteiger partial charge in [-0.3, -0.25) is 30.3 Å². The van der Waals surface area contributed by atoms with Crippen LogP contribution in [0.2, 0.25) is 0 Å². The van der Waals surface area contributed by atoms with Crippen LogP contribution in [-0.4, -0.2) is 68.7 Å². The van der Waals surface area contributed by atoms with Crippen LogP contribution in [0.1, 0.15) is 36.6 Å². The van der Waals surface area contributed by atoms with Crippen LogP contribution in [0.3, 0.4) is 0 Å². The van der Waals surface area contributed by atoms with Crippen molar-refractivity contribution in [2.24, 2.45) is 0 Å². The van der Waals surface area contributed by atoms with Crippen molar-refractivity contribution in [2.75, 3.05) is 6.61 Å². The van der Waals surface area contributed by atoms with E-state index in [-0.39, 0.29) is 40.4 Å². The number of ether oxygens (including phenoxy) is 5. The third kappa shape index (κ3) is 9.16. The van der Waals surface area contributed by atoms with Crippen molar-refractivity contribution in [1.82, 2.24) is 0 Å². The number of alkyl halides is 1. The Kier molecular flexibility index (Phi) is 12.0. The molecule has 0 saturated carbocycles. The molecule has 4 aromatic rings. The molecule has 4 aromatic carbocycles. The van der Waals surface area contributed by atoms with Gasteiger partial charge in [-0.1, -0.05) is 46.3 Å². The molecule has 1 fully saturated rings. The second-order valence-corrected chi connectivity index (χ2v) is 11.9. The van der Waals surface area contributed by atoms with Gasteiger partial charge in [0.15, 0.2) is 12.2 Å². The Labute approximate surface area is 301 Å². The maximum Gasteiger partial charge on any atom is 0.338 e. The zero-order valence-corrected chi connectivity index (χ0v) is 28.1. The van der Waals surface area contributed by atoms with Gasteiger partial charge in [-0.15, -0.1) is 0 Å². The molecule has 0 aliphatic carbocycles. The minimum Gasteiger partial charge on any atom is -0.459 e. The van der Waals surface area contributed by atoms with E-state index in [0.717, 1.165) is 54.1 Å². The Bertz CT molecular complexity index is 1940. The fraction of sp³-hybridized carbons (Fsp3) is 0.206. The fourth-order valence-corrected chi connectivity index (χ4v) is 5.73. The molecule has 5 rings (SSSR count). The molecule has 0 aromatic heterocycles. The summed E-state index contributed by atoms with van der Waals surface area (Å²) in [5.74, 6) is -2.90. The summed E-state index contributed by atoms with van der Waals surface area (Å²) in [6.07, 6.45) is -5.54. The number of esters is 3. The molecule has 0 unspecified atom stereocenters. The molecular formula is C34H26BrN3O14. The number of nitro groups is 3. The maximum absolute atomic E-state index is 13.5. The molecule has 0 amide bonds. The molecule has 18 heteroatoms. The molecule has 268 valence electrons. The summed E-state index contributed by atoms with van der Waals surface area (Å²) in [6, 6.07) is 22.5. The van der Waals surface area contributed by atoms with Gasteiger partial charge in [-0.25, -0.2) is 14.4 Å². The summed E-state index contributed by atoms with van der Waals surface area (Å²) in [7, 11) is 0. The van der Waals surface area contributed by atoms with Crippen molar-refractivity contribution in [2.45, 2.75) is 36.0 Å². The van der Waals surface area contributed by atoms with E-state index in [1.165, 1.54) is 24.3 Å². The summed E-state index contributed by atoms with van der Waals surface area (Å²) in [5, 5.41) is 32.3. The minimum absolute atomic E-state index is 0.0225. The van der Waals surface area contributed by atoms with Gasteiger partial charge in [0.2, 0.25) is 0 Å². The highest BCUT2D eigenvalue weighted by atomic mass is 79.9. The third-order valence-electron chi connectivity index (χ3n) is 7.67. The molecule has 1 saturated heterocycles. The zero-order valence-electron chi connectivity index (χ0n) is 26.6. The average Bonchev–Trinajstić information content (AvgIpc) is 3.15. The first-order valence-electron chi connectivity index (χ1n) is 15.2. The molecular weight excluding hydrogens is 754 g/mol. The second-order valence-electron chi connectivity index (χ2n) is 11.0. The van der Waals surface area contributed by atoms with Crippen molar-refractivity contribution in [3.8, 4) is 0 Å². The second kappa shape index (κ2) is 16.7. The molecule has 0 N–H and O–H groups in total. The highest BCUT2D eigenvalue weighted by Gasteiger charge is 2.51. The lowest BCUT2D eigenvalue weighted by molar-refractivity contribution is -0.385. The van der Waals surface area contributed by atoms with Crippen LogP contribution in [0.5, 0.6) is 0 Å². The van der Waals surface area contributed by atoms with Crippen LogP contribution >= 0.6 is 15.9 Å². The van der Waals surface area contributed by atoms with Crippen LogP contribution < -0.4 is 0 Å². The summed E-state index contributed by atoms with van der Waals surface area (Å²) >= 11 is 3.39. The Morgan fingerprint density at radius 1 is 0.596 bits per heavy atom. The zero-order chi connectivity index (χ0) is 37.4. The van der Waals surface area contributed by atoms with E-state index >= 15 is 0 Å². The Balaban J connectivity index is 1.47. The van der Waals surface area contributed by atoms with Gasteiger partial charge in [0.1, 0.15) is 23.8 Å². The number of hydrogen-bond acceptors (Lipinski definition) is 14. The van der Waals surface area contributed by atoms with E-state index in [4.69, 9.17) is 23.7 Å². The Morgan fingerprint density at radius 3 is 1.46 bits per heavy atom. The van der Waals surface area contributed by atoms with E-state index in [0.29, 0.717) is 0 Å². The smallest absolute Gasteiger partial charge is 0.338 e.